The fraction of sp³-hybridized carbons (Fsp3) is 0.314. The van der Waals surface area contributed by atoms with Crippen molar-refractivity contribution in [2.45, 2.75) is 183 Å². The lowest BCUT2D eigenvalue weighted by atomic mass is 9.99. The number of aryl methyl sites for hydroxylation is 7. The van der Waals surface area contributed by atoms with Gasteiger partial charge in [-0.15, -0.1) is 23.1 Å². The molecule has 0 radical (unpaired) electrons. The van der Waals surface area contributed by atoms with Gasteiger partial charge in [0.1, 0.15) is 28.9 Å². The number of hydrogen-bond acceptors (Lipinski definition) is 15. The highest BCUT2D eigenvalue weighted by atomic mass is 32.2. The predicted molar refractivity (Wildman–Crippen MR) is 498 cm³/mol. The van der Waals surface area contributed by atoms with Gasteiger partial charge >= 0.3 is 12.4 Å². The molecule has 0 unspecified atom stereocenters. The number of aromatic nitrogens is 1. The Morgan fingerprint density at radius 3 is 1.14 bits per heavy atom. The largest absolute Gasteiger partial charge is 0.429 e. The molecule has 0 amide bonds. The van der Waals surface area contributed by atoms with Crippen molar-refractivity contribution < 1.29 is 63.7 Å². The molecule has 13 nitrogen and oxygen atoms in total. The molecule has 0 aliphatic carbocycles. The maximum Gasteiger partial charge on any atom is 0.416 e. The molecule has 1 heterocycles. The Balaban J connectivity index is 0.000000193. The first-order valence-corrected chi connectivity index (χ1v) is 45.1. The molecule has 2 N–H and O–H groups in total. The van der Waals surface area contributed by atoms with Gasteiger partial charge in [0.25, 0.3) is 19.4 Å². The lowest BCUT2D eigenvalue weighted by Gasteiger charge is -2.24. The Bertz CT molecular complexity index is 5280. The minimum Gasteiger partial charge on any atom is -0.429 e. The number of nitrogens with zero attached hydrogens (tertiary/aromatic N) is 5. The molecule has 23 heteroatoms. The maximum atomic E-state index is 13.7. The molecule has 0 fully saturated rings. The van der Waals surface area contributed by atoms with Crippen LogP contribution in [0.1, 0.15) is 162 Å². The minimum absolute atomic E-state index is 0.363. The number of nitrogens with one attached hydrogen (secondary N) is 2. The molecule has 128 heavy (non-hydrogen) atoms. The van der Waals surface area contributed by atoms with Gasteiger partial charge in [0, 0.05) is 108 Å². The summed E-state index contributed by atoms with van der Waals surface area (Å²) in [5.41, 5.74) is 17.4. The highest BCUT2D eigenvalue weighted by molar-refractivity contribution is 7.98. The van der Waals surface area contributed by atoms with Crippen molar-refractivity contribution in [1.29, 1.82) is 0 Å². The van der Waals surface area contributed by atoms with Crippen molar-refractivity contribution in [3.05, 3.63) is 382 Å². The topological polar surface area (TPSA) is 129 Å². The van der Waals surface area contributed by atoms with Gasteiger partial charge in [-0.1, -0.05) is 206 Å². The first-order chi connectivity index (χ1) is 61.5. The van der Waals surface area contributed by atoms with Gasteiger partial charge in [-0.2, -0.15) is 26.3 Å². The Labute approximate surface area is 757 Å². The van der Waals surface area contributed by atoms with E-state index < -0.39 is 35.1 Å². The summed E-state index contributed by atoms with van der Waals surface area (Å²) in [6, 6.07) is 76.5. The van der Waals surface area contributed by atoms with Gasteiger partial charge in [-0.3, -0.25) is 34.0 Å². The second-order valence-electron chi connectivity index (χ2n) is 32.6. The summed E-state index contributed by atoms with van der Waals surface area (Å²) in [5.74, 6) is 0.789. The normalized spacial score (nSPS) is 11.4. The Morgan fingerprint density at radius 2 is 0.734 bits per heavy atom. The third-order valence-corrected chi connectivity index (χ3v) is 22.7. The van der Waals surface area contributed by atoms with Crippen LogP contribution < -0.4 is 24.8 Å². The van der Waals surface area contributed by atoms with Crippen LogP contribution in [0.5, 0.6) is 17.2 Å². The monoisotopic (exact) mass is 1790 g/mol. The van der Waals surface area contributed by atoms with Crippen LogP contribution in [0.2, 0.25) is 0 Å². The number of unbranched alkanes of at least 4 members (excludes halogenated alkanes) is 2. The first-order valence-electron chi connectivity index (χ1n) is 43.0. The van der Waals surface area contributed by atoms with E-state index in [0.717, 1.165) is 110 Å². The highest BCUT2D eigenvalue weighted by Gasteiger charge is 2.32. The molecule has 11 aromatic carbocycles. The van der Waals surface area contributed by atoms with Crippen LogP contribution in [0.15, 0.2) is 259 Å². The number of alkyl halides is 6. The predicted octanol–water partition coefficient (Wildman–Crippen LogP) is 24.4. The number of thioether (sulfide) groups is 1. The third kappa shape index (κ3) is 37.4. The summed E-state index contributed by atoms with van der Waals surface area (Å²) >= 11 is 3.39. The van der Waals surface area contributed by atoms with E-state index in [9.17, 15) is 49.5 Å². The lowest BCUT2D eigenvalue weighted by molar-refractivity contribution is -0.138. The smallest absolute Gasteiger partial charge is 0.416 e. The average molecular weight is 1790 g/mol. The molecular formula is C105H117F8N7O6S2. The Hall–Kier alpha value is -11.0. The molecule has 12 rings (SSSR count). The van der Waals surface area contributed by atoms with Crippen LogP contribution in [0, 0.1) is 53.2 Å². The lowest BCUT2D eigenvalue weighted by Crippen LogP contribution is -2.31. The van der Waals surface area contributed by atoms with Crippen molar-refractivity contribution in [1.82, 2.24) is 35.2 Å². The van der Waals surface area contributed by atoms with E-state index in [0.29, 0.717) is 136 Å². The molecule has 1 aromatic heterocycles. The molecule has 0 spiro atoms. The molecule has 0 aliphatic rings. The standard InChI is InChI=1S/C29H33F2NO2.C27H29F3N2O2.C25H24F3NO2S.C24H31N3S/c1-22(2)26-11-7-23(8-12-26)6-4-3-5-15-32(20-25-16-27(30)18-28(31)17-25)19-24-9-13-29(14-10-24)34-21-33;1-20-3-5-22(6-4-20)16-31-11-12-32(17-23-7-9-26(10-8-23)34-19-33)18-24-13-21(2)14-25(15-24)27(28,29)30;1-18-11-21(13-22(12-18)25(26,27)28)16-29(15-20-5-9-24(32-2)10-6-20)14-19-3-7-23(8-4-19)31-17-30;1-19-5-9-22(10-6-19)15-25-13-4-14-27(17-24-18-28-21(3)26-24)16-23-11-7-20(2)8-12-23/h7-14,16-18,21-22H,3-6,15,19-20H2,1-2H3;3-10,13-15,19,31H,11-12,16-18H2,1-2H3;3-13,17H,14-16H2,1-2H3;5-12,18,25H,4,13-17H2,1-3H3. The zero-order chi connectivity index (χ0) is 91.8. The van der Waals surface area contributed by atoms with Crippen LogP contribution in [0.4, 0.5) is 35.1 Å². The fourth-order valence-electron chi connectivity index (χ4n) is 14.6. The number of benzene rings is 11. The summed E-state index contributed by atoms with van der Waals surface area (Å²) in [7, 11) is 0. The SMILES string of the molecule is CC(C)c1ccc(CCCCCN(Cc2ccc(OC=O)cc2)Cc2cc(F)cc(F)c2)cc1.CSc1ccc(CN(Cc2ccc(OC=O)cc2)Cc2cc(C)cc(C(F)(F)F)c2)cc1.Cc1ccc(CNCCCN(Cc2ccc(C)cc2)Cc2csc(C)n2)cc1.Cc1ccc(CNCCN(Cc2ccc(OC=O)cc2)Cc2cc(C)cc(C(F)(F)F)c2)cc1. The number of hydrogen-bond donors (Lipinski definition) is 2. The summed E-state index contributed by atoms with van der Waals surface area (Å²) in [6.45, 7) is 28.5. The summed E-state index contributed by atoms with van der Waals surface area (Å²) in [4.78, 5) is 46.2. The van der Waals surface area contributed by atoms with Gasteiger partial charge in [0.15, 0.2) is 0 Å². The van der Waals surface area contributed by atoms with E-state index in [2.05, 4.69) is 172 Å². The molecule has 12 aromatic rings. The van der Waals surface area contributed by atoms with E-state index >= 15 is 0 Å². The molecule has 0 saturated heterocycles. The van der Waals surface area contributed by atoms with Crippen LogP contribution in [-0.4, -0.2) is 83.0 Å². The average Bonchev–Trinajstić information content (AvgIpc) is 1.71. The quantitative estimate of drug-likeness (QED) is 0.0163. The second kappa shape index (κ2) is 52.5. The zero-order valence-corrected chi connectivity index (χ0v) is 76.1. The van der Waals surface area contributed by atoms with Gasteiger partial charge in [-0.25, -0.2) is 13.8 Å². The van der Waals surface area contributed by atoms with Crippen molar-refractivity contribution in [2.24, 2.45) is 0 Å². The Morgan fingerprint density at radius 1 is 0.375 bits per heavy atom. The molecule has 0 saturated carbocycles. The number of halogens is 8. The van der Waals surface area contributed by atoms with Crippen LogP contribution in [0.3, 0.4) is 0 Å². The van der Waals surface area contributed by atoms with Crippen LogP contribution >= 0.6 is 23.1 Å². The van der Waals surface area contributed by atoms with Crippen molar-refractivity contribution in [3.63, 3.8) is 0 Å². The maximum absolute atomic E-state index is 13.7. The number of carbonyl (C=O) groups is 3. The molecule has 676 valence electrons. The highest BCUT2D eigenvalue weighted by Crippen LogP contribution is 2.34. The van der Waals surface area contributed by atoms with Gasteiger partial charge in [-0.05, 0) is 244 Å². The van der Waals surface area contributed by atoms with E-state index in [1.54, 1.807) is 85.5 Å². The number of rotatable bonds is 43. The minimum atomic E-state index is -4.38. The third-order valence-electron chi connectivity index (χ3n) is 21.2. The summed E-state index contributed by atoms with van der Waals surface area (Å²) < 4.78 is 122. The summed E-state index contributed by atoms with van der Waals surface area (Å²) in [6.07, 6.45) is -1.41. The second-order valence-corrected chi connectivity index (χ2v) is 34.6. The van der Waals surface area contributed by atoms with E-state index in [1.807, 2.05) is 73.8 Å². The summed E-state index contributed by atoms with van der Waals surface area (Å²) in [5, 5.41) is 10.3. The van der Waals surface area contributed by atoms with E-state index in [1.165, 1.54) is 86.6 Å². The first kappa shape index (κ1) is 101. The zero-order valence-electron chi connectivity index (χ0n) is 74.4. The number of carbonyl (C=O) groups excluding carboxylic acids is 3. The van der Waals surface area contributed by atoms with E-state index in [4.69, 9.17) is 14.2 Å². The van der Waals surface area contributed by atoms with Gasteiger partial charge in [0.05, 0.1) is 21.8 Å². The van der Waals surface area contributed by atoms with Crippen LogP contribution in [0.25, 0.3) is 0 Å². The van der Waals surface area contributed by atoms with E-state index in [-0.39, 0.29) is 0 Å². The molecule has 0 bridgehead atoms. The molecule has 0 aliphatic heterocycles. The van der Waals surface area contributed by atoms with Crippen molar-refractivity contribution in [3.8, 4) is 17.2 Å². The molecular weight excluding hydrogens is 1670 g/mol. The van der Waals surface area contributed by atoms with Crippen molar-refractivity contribution >= 4 is 42.5 Å². The van der Waals surface area contributed by atoms with Crippen molar-refractivity contribution in [2.75, 3.05) is 39.0 Å². The number of thiazole rings is 1. The number of ether oxygens (including phenoxy) is 3. The molecule has 0 atom stereocenters. The Kier molecular flexibility index (Phi) is 41.3. The van der Waals surface area contributed by atoms with Gasteiger partial charge in [0.2, 0.25) is 0 Å². The fourth-order valence-corrected chi connectivity index (χ4v) is 15.6. The van der Waals surface area contributed by atoms with Gasteiger partial charge < -0.3 is 24.8 Å². The van der Waals surface area contributed by atoms with Crippen LogP contribution in [-0.2, 0) is 105 Å².